The molecule has 0 bridgehead atoms. The van der Waals surface area contributed by atoms with E-state index in [1.165, 1.54) is 6.08 Å². The van der Waals surface area contributed by atoms with E-state index < -0.39 is 91.1 Å². The number of hydrogen-bond acceptors (Lipinski definition) is 14. The normalized spacial score (nSPS) is 34.4. The molecular weight excluding hydrogens is 875 g/mol. The first-order chi connectivity index (χ1) is 32.0. The van der Waals surface area contributed by atoms with Gasteiger partial charge in [-0.05, 0) is 134 Å². The van der Waals surface area contributed by atoms with E-state index in [-0.39, 0.29) is 43.5 Å². The highest BCUT2D eigenvalue weighted by atomic mass is 16.5. The minimum absolute atomic E-state index is 0.0277. The standard InChI is InChI=1S/C52H99N3O13/c1-7-8-9-10-21-44-49(66)34(3)24-25-39(57)19-13-18-38(56)20-14-22-45(62)35(4)28-47(64)48(65)32-43(61)31-42(60)30-41(59)29-40(58)17-12-11-16-33(2)27-36(5)50(68-51(44)67)37(6)46(63)23-15-26-55-52(53)54/h27-28,34,36-50,56-66H,7-26,29-32H2,1-6H3,(H4,53,54,55). The monoisotopic (exact) mass is 974 g/mol. The van der Waals surface area contributed by atoms with Crippen molar-refractivity contribution >= 4 is 11.9 Å². The first-order valence-corrected chi connectivity index (χ1v) is 26.2. The van der Waals surface area contributed by atoms with E-state index in [4.69, 9.17) is 16.2 Å². The lowest BCUT2D eigenvalue weighted by Crippen LogP contribution is -2.42. The number of esters is 1. The maximum absolute atomic E-state index is 14.3. The number of allylic oxidation sites excluding steroid dienone is 1. The van der Waals surface area contributed by atoms with Crippen molar-refractivity contribution < 1.29 is 65.7 Å². The molecule has 0 saturated carbocycles. The third-order valence-corrected chi connectivity index (χ3v) is 14.0. The Labute approximate surface area is 409 Å². The van der Waals surface area contributed by atoms with Gasteiger partial charge in [0.15, 0.2) is 5.96 Å². The molecule has 1 aliphatic heterocycles. The Morgan fingerprint density at radius 3 is 1.90 bits per heavy atom. The van der Waals surface area contributed by atoms with Crippen LogP contribution in [0.25, 0.3) is 0 Å². The number of aliphatic hydroxyl groups is 11. The van der Waals surface area contributed by atoms with Crippen LogP contribution in [0.5, 0.6) is 0 Å². The predicted octanol–water partition coefficient (Wildman–Crippen LogP) is 4.56. The van der Waals surface area contributed by atoms with E-state index >= 15 is 0 Å². The molecule has 0 amide bonds. The van der Waals surface area contributed by atoms with Gasteiger partial charge in [0.05, 0.1) is 73.1 Å². The molecule has 0 aromatic carbocycles. The second-order valence-corrected chi connectivity index (χ2v) is 20.6. The lowest BCUT2D eigenvalue weighted by Gasteiger charge is -2.34. The lowest BCUT2D eigenvalue weighted by molar-refractivity contribution is -0.167. The average Bonchev–Trinajstić information content (AvgIpc) is 3.26. The number of nitrogens with zero attached hydrogens (tertiary/aromatic N) is 1. The number of carbonyl (C=O) groups excluding carboxylic acids is 1. The molecule has 0 saturated heterocycles. The molecule has 1 aliphatic rings. The molecule has 16 nitrogen and oxygen atoms in total. The summed E-state index contributed by atoms with van der Waals surface area (Å²) in [6.45, 7) is 11.7. The number of guanidine groups is 1. The van der Waals surface area contributed by atoms with Crippen LogP contribution in [0, 0.1) is 23.7 Å². The zero-order valence-corrected chi connectivity index (χ0v) is 42.7. The Kier molecular flexibility index (Phi) is 33.6. The molecule has 400 valence electrons. The number of hydrogen-bond donors (Lipinski definition) is 13. The van der Waals surface area contributed by atoms with E-state index in [0.717, 1.165) is 37.7 Å². The van der Waals surface area contributed by atoms with Gasteiger partial charge < -0.3 is 72.4 Å². The van der Waals surface area contributed by atoms with E-state index in [0.29, 0.717) is 102 Å². The molecule has 0 radical (unpaired) electrons. The fourth-order valence-corrected chi connectivity index (χ4v) is 9.47. The van der Waals surface area contributed by atoms with Gasteiger partial charge in [-0.15, -0.1) is 0 Å². The summed E-state index contributed by atoms with van der Waals surface area (Å²) in [5, 5.41) is 119. The van der Waals surface area contributed by atoms with E-state index in [2.05, 4.69) is 11.9 Å². The first-order valence-electron chi connectivity index (χ1n) is 26.2. The molecule has 68 heavy (non-hydrogen) atoms. The summed E-state index contributed by atoms with van der Waals surface area (Å²) < 4.78 is 6.38. The largest absolute Gasteiger partial charge is 0.461 e. The Balaban J connectivity index is 3.33. The Morgan fingerprint density at radius 1 is 0.706 bits per heavy atom. The summed E-state index contributed by atoms with van der Waals surface area (Å²) in [7, 11) is 0. The number of aliphatic imine (C=N–C) groups is 1. The molecule has 1 heterocycles. The molecule has 0 aromatic heterocycles. The van der Waals surface area contributed by atoms with Crippen LogP contribution in [0.3, 0.4) is 0 Å². The van der Waals surface area contributed by atoms with Crippen LogP contribution in [-0.4, -0.2) is 148 Å². The van der Waals surface area contributed by atoms with Gasteiger partial charge in [0.25, 0.3) is 0 Å². The third kappa shape index (κ3) is 28.0. The van der Waals surface area contributed by atoms with Gasteiger partial charge in [0.1, 0.15) is 6.10 Å². The number of carbonyl (C=O) groups is 1. The van der Waals surface area contributed by atoms with Gasteiger partial charge >= 0.3 is 5.97 Å². The lowest BCUT2D eigenvalue weighted by atomic mass is 9.83. The summed E-state index contributed by atoms with van der Waals surface area (Å²) in [5.74, 6) is -2.49. The van der Waals surface area contributed by atoms with Gasteiger partial charge in [-0.1, -0.05) is 77.5 Å². The topological polar surface area (TPSA) is 313 Å². The smallest absolute Gasteiger partial charge is 0.311 e. The van der Waals surface area contributed by atoms with Crippen LogP contribution in [0.4, 0.5) is 0 Å². The summed E-state index contributed by atoms with van der Waals surface area (Å²) in [5.41, 5.74) is 12.5. The average molecular weight is 974 g/mol. The van der Waals surface area contributed by atoms with Crippen molar-refractivity contribution in [1.29, 1.82) is 0 Å². The molecule has 16 atom stereocenters. The number of rotatable bonds is 11. The molecule has 15 N–H and O–H groups in total. The second-order valence-electron chi connectivity index (χ2n) is 20.6. The predicted molar refractivity (Wildman–Crippen MR) is 267 cm³/mol. The zero-order valence-electron chi connectivity index (χ0n) is 42.7. The third-order valence-electron chi connectivity index (χ3n) is 14.0. The molecule has 0 aliphatic carbocycles. The fraction of sp³-hybridized carbons (Fsp3) is 0.885. The number of unbranched alkanes of at least 4 members (excludes halogenated alkanes) is 3. The molecule has 0 fully saturated rings. The summed E-state index contributed by atoms with van der Waals surface area (Å²) in [4.78, 5) is 18.3. The van der Waals surface area contributed by atoms with Crippen molar-refractivity contribution in [2.45, 2.75) is 262 Å². The van der Waals surface area contributed by atoms with E-state index in [1.54, 1.807) is 6.92 Å². The van der Waals surface area contributed by atoms with Gasteiger partial charge in [0, 0.05) is 24.8 Å². The fourth-order valence-electron chi connectivity index (χ4n) is 9.47. The molecule has 0 aromatic rings. The van der Waals surface area contributed by atoms with Gasteiger partial charge in [-0.2, -0.15) is 0 Å². The molecule has 0 spiro atoms. The number of nitrogens with two attached hydrogens (primary N) is 2. The zero-order chi connectivity index (χ0) is 51.3. The second kappa shape index (κ2) is 35.8. The SMILES string of the molecule is CCCCCCC1C(=O)OC(C(C)C(O)CCCN=C(N)N)C(C)C=C(C)CCCCC(O)CC(O)CC(O)CC(O)CC(O)C(O)C=C(C)C(O)CCCC(O)CCCC(O)CCC(C)C1O. The first kappa shape index (κ1) is 63.8. The highest BCUT2D eigenvalue weighted by Crippen LogP contribution is 2.31. The minimum Gasteiger partial charge on any atom is -0.461 e. The Morgan fingerprint density at radius 2 is 1.28 bits per heavy atom. The maximum atomic E-state index is 14.3. The number of cyclic esters (lactones) is 1. The van der Waals surface area contributed by atoms with Crippen LogP contribution < -0.4 is 11.5 Å². The maximum Gasteiger partial charge on any atom is 0.311 e. The molecule has 16 unspecified atom stereocenters. The highest BCUT2D eigenvalue weighted by molar-refractivity contribution is 5.75. The summed E-state index contributed by atoms with van der Waals surface area (Å²) in [6, 6.07) is 0. The van der Waals surface area contributed by atoms with Crippen LogP contribution in [0.1, 0.15) is 189 Å². The van der Waals surface area contributed by atoms with Crippen molar-refractivity contribution in [3.05, 3.63) is 23.3 Å². The van der Waals surface area contributed by atoms with Crippen LogP contribution in [-0.2, 0) is 9.53 Å². The quantitative estimate of drug-likeness (QED) is 0.0444. The molecule has 16 heteroatoms. The van der Waals surface area contributed by atoms with Crippen molar-refractivity contribution in [1.82, 2.24) is 0 Å². The van der Waals surface area contributed by atoms with E-state index in [9.17, 15) is 61.0 Å². The molecular formula is C52H99N3O13. The van der Waals surface area contributed by atoms with Crippen molar-refractivity contribution in [2.75, 3.05) is 6.54 Å². The van der Waals surface area contributed by atoms with Crippen LogP contribution in [0.2, 0.25) is 0 Å². The Hall–Kier alpha value is -2.22. The van der Waals surface area contributed by atoms with Gasteiger partial charge in [0.2, 0.25) is 0 Å². The van der Waals surface area contributed by atoms with Crippen molar-refractivity contribution in [3.63, 3.8) is 0 Å². The minimum atomic E-state index is -1.38. The van der Waals surface area contributed by atoms with E-state index in [1.807, 2.05) is 33.8 Å². The summed E-state index contributed by atoms with van der Waals surface area (Å²) >= 11 is 0. The van der Waals surface area contributed by atoms with Crippen molar-refractivity contribution in [2.24, 2.45) is 40.1 Å². The Bertz CT molecular complexity index is 1420. The van der Waals surface area contributed by atoms with Crippen molar-refractivity contribution in [3.8, 4) is 0 Å². The van der Waals surface area contributed by atoms with Gasteiger partial charge in [-0.3, -0.25) is 9.79 Å². The highest BCUT2D eigenvalue weighted by Gasteiger charge is 2.37. The van der Waals surface area contributed by atoms with Crippen LogP contribution in [0.15, 0.2) is 28.3 Å². The number of ether oxygens (including phenoxy) is 1. The van der Waals surface area contributed by atoms with Crippen LogP contribution >= 0.6 is 0 Å². The van der Waals surface area contributed by atoms with Gasteiger partial charge in [-0.25, -0.2) is 0 Å². The summed E-state index contributed by atoms with van der Waals surface area (Å²) in [6.07, 6.45) is 2.10. The molecule has 1 rings (SSSR count). The number of aliphatic hydroxyl groups excluding tert-OH is 11.